The fourth-order valence-corrected chi connectivity index (χ4v) is 7.60. The number of nitrogens with zero attached hydrogens (tertiary/aromatic N) is 1. The predicted molar refractivity (Wildman–Crippen MR) is 213 cm³/mol. The van der Waals surface area contributed by atoms with Crippen molar-refractivity contribution in [3.05, 3.63) is 159 Å². The predicted octanol–water partition coefficient (Wildman–Crippen LogP) is 11.9. The molecule has 0 unspecified atom stereocenters. The topological polar surface area (TPSA) is 56.5 Å². The highest BCUT2D eigenvalue weighted by Crippen LogP contribution is 2.41. The maximum absolute atomic E-state index is 14.2. The molecule has 75 heavy (non-hydrogen) atoms. The number of esters is 2. The molecule has 1 heterocycles. The Labute approximate surface area is 404 Å². The minimum atomic E-state index is -6.13. The van der Waals surface area contributed by atoms with Crippen LogP contribution in [0.3, 0.4) is 0 Å². The number of pyridine rings is 1. The first kappa shape index (κ1) is 60.6. The number of allylic oxidation sites excluding steroid dienone is 1. The lowest BCUT2D eigenvalue weighted by Gasteiger charge is -2.46. The number of rotatable bonds is 8. The molecule has 1 aromatic heterocycles. The number of hydrogen-bond donors (Lipinski definition) is 0. The van der Waals surface area contributed by atoms with Crippen LogP contribution in [0.25, 0.3) is 0 Å². The van der Waals surface area contributed by atoms with Crippen LogP contribution in [-0.2, 0) is 75.0 Å². The fourth-order valence-electron chi connectivity index (χ4n) is 7.60. The molecule has 30 heteroatoms. The average molecular weight is 1110 g/mol. The van der Waals surface area contributed by atoms with E-state index in [1.54, 1.807) is 6.92 Å². The van der Waals surface area contributed by atoms with Gasteiger partial charge in [0.1, 0.15) is 11.7 Å². The first-order valence-electron chi connectivity index (χ1n) is 20.0. The van der Waals surface area contributed by atoms with Crippen LogP contribution in [0.2, 0.25) is 0 Å². The first-order valence-corrected chi connectivity index (χ1v) is 20.0. The second kappa shape index (κ2) is 21.0. The molecule has 0 spiro atoms. The largest absolute Gasteiger partial charge is 0.465 e. The van der Waals surface area contributed by atoms with Gasteiger partial charge in [0.05, 0.1) is 58.7 Å². The van der Waals surface area contributed by atoms with Crippen molar-refractivity contribution in [2.75, 3.05) is 14.2 Å². The number of alkyl halides is 24. The van der Waals surface area contributed by atoms with Gasteiger partial charge in [-0.1, -0.05) is 54.6 Å². The molecule has 0 fully saturated rings. The molecule has 5 aromatic rings. The minimum absolute atomic E-state index is 0.0589. The van der Waals surface area contributed by atoms with Crippen molar-refractivity contribution in [2.24, 2.45) is 0 Å². The quantitative estimate of drug-likeness (QED) is 0.0296. The number of benzene rings is 4. The minimum Gasteiger partial charge on any atom is -0.465 e. The number of aromatic nitrogens is 1. The Morgan fingerprint density at radius 1 is 0.373 bits per heavy atom. The van der Waals surface area contributed by atoms with Gasteiger partial charge in [-0.15, -0.1) is 0 Å². The number of ether oxygens (including phenoxy) is 2. The standard InChI is InChI=1S/C32H12BF24.C13H16NO4/c34-25(35,36)13-1-14(26(37,38)39)6-21(5-13)33(22-7-15(27(40,41)42)2-16(8-22)28(43,44)45,23-9-17(29(46,47)48)3-18(10-23)30(49,50)51)24-11-19(31(52,53)54)4-20(12-24)32(55,56)57;1-10(9-14-7-5-4-6-8-14)11(12(15)17-2)13(16)18-3/h1-12H;4-8H,9H2,1-3H3/q-1;+1. The molecule has 0 radical (unpaired) electrons. The summed E-state index contributed by atoms with van der Waals surface area (Å²) >= 11 is 0. The van der Waals surface area contributed by atoms with Crippen molar-refractivity contribution in [1.82, 2.24) is 0 Å². The van der Waals surface area contributed by atoms with E-state index in [0.717, 1.165) is 0 Å². The van der Waals surface area contributed by atoms with Crippen molar-refractivity contribution in [3.8, 4) is 0 Å². The molecule has 0 bridgehead atoms. The van der Waals surface area contributed by atoms with Crippen LogP contribution in [-0.4, -0.2) is 32.3 Å². The number of carbonyl (C=O) groups is 2. The highest BCUT2D eigenvalue weighted by atomic mass is 19.4. The van der Waals surface area contributed by atoms with Crippen molar-refractivity contribution >= 4 is 39.9 Å². The van der Waals surface area contributed by atoms with Crippen LogP contribution < -0.4 is 26.4 Å². The molecule has 408 valence electrons. The van der Waals surface area contributed by atoms with E-state index in [2.05, 4.69) is 9.47 Å². The summed E-state index contributed by atoms with van der Waals surface area (Å²) in [5, 5.41) is 0. The van der Waals surface area contributed by atoms with Crippen molar-refractivity contribution < 1.29 is 129 Å². The molecule has 4 aromatic carbocycles. The molecule has 0 atom stereocenters. The third-order valence-electron chi connectivity index (χ3n) is 10.8. The molecule has 0 saturated carbocycles. The second-order valence-electron chi connectivity index (χ2n) is 15.9. The van der Waals surface area contributed by atoms with Gasteiger partial charge in [-0.2, -0.15) is 127 Å². The summed E-state index contributed by atoms with van der Waals surface area (Å²) in [5.74, 6) is -1.37. The fraction of sp³-hybridized carbons (Fsp3) is 0.267. The normalized spacial score (nSPS) is 13.2. The van der Waals surface area contributed by atoms with E-state index < -0.39 is 207 Å². The van der Waals surface area contributed by atoms with Gasteiger partial charge in [0, 0.05) is 17.7 Å². The van der Waals surface area contributed by atoms with Gasteiger partial charge in [0.25, 0.3) is 0 Å². The summed E-state index contributed by atoms with van der Waals surface area (Å²) in [6, 6.07) is -3.20. The summed E-state index contributed by atoms with van der Waals surface area (Å²) in [5.41, 5.74) is -29.7. The Morgan fingerprint density at radius 3 is 0.747 bits per heavy atom. The molecular weight excluding hydrogens is 1090 g/mol. The highest BCUT2D eigenvalue weighted by molar-refractivity contribution is 7.20. The van der Waals surface area contributed by atoms with Crippen LogP contribution in [0, 0.1) is 0 Å². The van der Waals surface area contributed by atoms with Gasteiger partial charge in [-0.25, -0.2) is 14.2 Å². The Kier molecular flexibility index (Phi) is 17.0. The van der Waals surface area contributed by atoms with E-state index >= 15 is 0 Å². The van der Waals surface area contributed by atoms with Crippen LogP contribution in [0.1, 0.15) is 51.4 Å². The zero-order chi connectivity index (χ0) is 57.5. The van der Waals surface area contributed by atoms with Gasteiger partial charge < -0.3 is 9.47 Å². The van der Waals surface area contributed by atoms with Crippen LogP contribution in [0.4, 0.5) is 105 Å². The molecule has 0 aliphatic rings. The summed E-state index contributed by atoms with van der Waals surface area (Å²) in [6.07, 6.45) is -51.1. The summed E-state index contributed by atoms with van der Waals surface area (Å²) in [4.78, 5) is 23.1. The number of methoxy groups -OCH3 is 2. The van der Waals surface area contributed by atoms with Gasteiger partial charge in [-0.05, 0) is 31.2 Å². The van der Waals surface area contributed by atoms with Crippen LogP contribution in [0.5, 0.6) is 0 Å². The Morgan fingerprint density at radius 2 is 0.573 bits per heavy atom. The van der Waals surface area contributed by atoms with Crippen molar-refractivity contribution in [3.63, 3.8) is 0 Å². The zero-order valence-electron chi connectivity index (χ0n) is 37.3. The smallest absolute Gasteiger partial charge is 0.416 e. The van der Waals surface area contributed by atoms with Gasteiger partial charge in [0.2, 0.25) is 0 Å². The number of carbonyl (C=O) groups excluding carboxylic acids is 2. The lowest BCUT2D eigenvalue weighted by atomic mass is 9.12. The van der Waals surface area contributed by atoms with Crippen molar-refractivity contribution in [1.29, 1.82) is 0 Å². The van der Waals surface area contributed by atoms with E-state index in [0.29, 0.717) is 12.1 Å². The lowest BCUT2D eigenvalue weighted by Crippen LogP contribution is -2.75. The molecular formula is C45H28BF24NO4. The van der Waals surface area contributed by atoms with Gasteiger partial charge in [-0.3, -0.25) is 0 Å². The molecule has 5 nitrogen and oxygen atoms in total. The zero-order valence-corrected chi connectivity index (χ0v) is 37.3. The van der Waals surface area contributed by atoms with Gasteiger partial charge in [0.15, 0.2) is 18.9 Å². The molecule has 0 amide bonds. The molecule has 5 rings (SSSR count). The van der Waals surface area contributed by atoms with E-state index in [4.69, 9.17) is 0 Å². The maximum Gasteiger partial charge on any atom is 0.416 e. The van der Waals surface area contributed by atoms with E-state index in [1.807, 2.05) is 35.2 Å². The lowest BCUT2D eigenvalue weighted by molar-refractivity contribution is -0.689. The average Bonchev–Trinajstić information content (AvgIpc) is 3.27. The number of hydrogen-bond acceptors (Lipinski definition) is 4. The molecule has 0 N–H and O–H groups in total. The Bertz CT molecular complexity index is 2470. The Balaban J connectivity index is 0.000000569. The van der Waals surface area contributed by atoms with Crippen LogP contribution >= 0.6 is 0 Å². The van der Waals surface area contributed by atoms with E-state index in [1.165, 1.54) is 14.2 Å². The molecule has 0 aliphatic heterocycles. The summed E-state index contributed by atoms with van der Waals surface area (Å²) in [6.45, 7) is 2.11. The van der Waals surface area contributed by atoms with E-state index in [9.17, 15) is 115 Å². The summed E-state index contributed by atoms with van der Waals surface area (Å²) < 4.78 is 352. The first-order chi connectivity index (χ1) is 33.9. The van der Waals surface area contributed by atoms with E-state index in [-0.39, 0.29) is 5.57 Å². The highest BCUT2D eigenvalue weighted by Gasteiger charge is 2.47. The monoisotopic (exact) mass is 1110 g/mol. The summed E-state index contributed by atoms with van der Waals surface area (Å²) in [7, 11) is 2.46. The van der Waals surface area contributed by atoms with Gasteiger partial charge >= 0.3 is 61.3 Å². The molecule has 0 saturated heterocycles. The van der Waals surface area contributed by atoms with Crippen LogP contribution in [0.15, 0.2) is 115 Å². The molecule has 0 aliphatic carbocycles. The van der Waals surface area contributed by atoms with Crippen molar-refractivity contribution in [2.45, 2.75) is 62.9 Å². The SMILES string of the molecule is COC(=O)C(C(=O)OC)=C(C)C[n+]1ccccc1.FC(F)(F)c1cc([B-](c2cc(C(F)(F)F)cc(C(F)(F)F)c2)(c2cc(C(F)(F)F)cc(C(F)(F)F)c2)c2cc(C(F)(F)F)cc(C(F)(F)F)c2)cc(C(F)(F)F)c1. The third-order valence-corrected chi connectivity index (χ3v) is 10.8. The maximum atomic E-state index is 14.2. The second-order valence-corrected chi connectivity index (χ2v) is 15.9. The number of halogens is 24. The third kappa shape index (κ3) is 14.3. The Hall–Kier alpha value is -6.91.